The number of nitrogens with one attached hydrogen (secondary N) is 1. The molecule has 0 aromatic heterocycles. The zero-order valence-electron chi connectivity index (χ0n) is 11.2. The van der Waals surface area contributed by atoms with E-state index >= 15 is 0 Å². The molecule has 3 nitrogen and oxygen atoms in total. The van der Waals surface area contributed by atoms with Crippen molar-refractivity contribution >= 4 is 5.91 Å². The zero-order valence-corrected chi connectivity index (χ0v) is 11.2. The Hall–Kier alpha value is -1.42. The van der Waals surface area contributed by atoms with Gasteiger partial charge in [0, 0.05) is 25.7 Å². The third-order valence-electron chi connectivity index (χ3n) is 4.19. The van der Waals surface area contributed by atoms with Gasteiger partial charge in [0.05, 0.1) is 5.41 Å². The molecule has 1 atom stereocenters. The fourth-order valence-corrected chi connectivity index (χ4v) is 2.96. The molecule has 19 heavy (non-hydrogen) atoms. The molecule has 1 aliphatic carbocycles. The van der Waals surface area contributed by atoms with Crippen LogP contribution in [0, 0.1) is 5.82 Å². The molecule has 1 aliphatic heterocycles. The summed E-state index contributed by atoms with van der Waals surface area (Å²) in [7, 11) is 0. The van der Waals surface area contributed by atoms with E-state index in [1.807, 2.05) is 11.0 Å². The lowest BCUT2D eigenvalue weighted by atomic mass is 9.93. The van der Waals surface area contributed by atoms with Gasteiger partial charge in [0.1, 0.15) is 5.82 Å². The third kappa shape index (κ3) is 2.25. The fraction of sp³-hybridized carbons (Fsp3) is 0.533. The number of carbonyl (C=O) groups is 1. The highest BCUT2D eigenvalue weighted by Crippen LogP contribution is 2.49. The highest BCUT2D eigenvalue weighted by Gasteiger charge is 2.53. The van der Waals surface area contributed by atoms with Gasteiger partial charge in [0.2, 0.25) is 5.91 Å². The summed E-state index contributed by atoms with van der Waals surface area (Å²) in [6.07, 6.45) is 1.68. The lowest BCUT2D eigenvalue weighted by molar-refractivity contribution is -0.135. The number of benzene rings is 1. The fourth-order valence-electron chi connectivity index (χ4n) is 2.96. The molecule has 1 aromatic carbocycles. The summed E-state index contributed by atoms with van der Waals surface area (Å²) in [5, 5.41) is 3.33. The lowest BCUT2D eigenvalue weighted by Gasteiger charge is -2.34. The molecule has 1 unspecified atom stereocenters. The summed E-state index contributed by atoms with van der Waals surface area (Å²) in [6, 6.07) is 6.84. The summed E-state index contributed by atoms with van der Waals surface area (Å²) in [5.74, 6) is -0.0864. The summed E-state index contributed by atoms with van der Waals surface area (Å²) in [4.78, 5) is 14.6. The first-order valence-corrected chi connectivity index (χ1v) is 6.91. The summed E-state index contributed by atoms with van der Waals surface area (Å²) < 4.78 is 13.4. The van der Waals surface area contributed by atoms with Crippen molar-refractivity contribution in [3.63, 3.8) is 0 Å². The highest BCUT2D eigenvalue weighted by molar-refractivity contribution is 5.91. The zero-order chi connectivity index (χ0) is 13.5. The van der Waals surface area contributed by atoms with Crippen molar-refractivity contribution < 1.29 is 9.18 Å². The third-order valence-corrected chi connectivity index (χ3v) is 4.19. The topological polar surface area (TPSA) is 32.3 Å². The first kappa shape index (κ1) is 12.6. The Morgan fingerprint density at radius 2 is 2.26 bits per heavy atom. The van der Waals surface area contributed by atoms with Crippen LogP contribution in [-0.2, 0) is 10.2 Å². The van der Waals surface area contributed by atoms with Gasteiger partial charge < -0.3 is 10.2 Å². The van der Waals surface area contributed by atoms with E-state index in [2.05, 4.69) is 12.2 Å². The molecule has 0 radical (unpaired) electrons. The van der Waals surface area contributed by atoms with Crippen LogP contribution in [0.5, 0.6) is 0 Å². The van der Waals surface area contributed by atoms with Crippen LogP contribution in [0.25, 0.3) is 0 Å². The minimum absolute atomic E-state index is 0.173. The van der Waals surface area contributed by atoms with Crippen LogP contribution >= 0.6 is 0 Å². The van der Waals surface area contributed by atoms with Gasteiger partial charge in [0.25, 0.3) is 0 Å². The number of piperazine rings is 1. The monoisotopic (exact) mass is 262 g/mol. The molecule has 1 saturated heterocycles. The molecule has 4 heteroatoms. The van der Waals surface area contributed by atoms with Crippen LogP contribution in [0.1, 0.15) is 25.3 Å². The van der Waals surface area contributed by atoms with Crippen molar-refractivity contribution in [3.8, 4) is 0 Å². The predicted octanol–water partition coefficient (Wildman–Crippen LogP) is 1.68. The van der Waals surface area contributed by atoms with Crippen LogP contribution < -0.4 is 5.32 Å². The van der Waals surface area contributed by atoms with E-state index in [0.29, 0.717) is 6.04 Å². The van der Waals surface area contributed by atoms with Crippen molar-refractivity contribution in [2.45, 2.75) is 31.2 Å². The van der Waals surface area contributed by atoms with Crippen molar-refractivity contribution in [2.75, 3.05) is 19.6 Å². The number of rotatable bonds is 2. The number of amides is 1. The van der Waals surface area contributed by atoms with Crippen LogP contribution in [0.3, 0.4) is 0 Å². The van der Waals surface area contributed by atoms with Gasteiger partial charge in [-0.05, 0) is 37.5 Å². The number of hydrogen-bond acceptors (Lipinski definition) is 2. The Kier molecular flexibility index (Phi) is 3.05. The van der Waals surface area contributed by atoms with Gasteiger partial charge in [-0.3, -0.25) is 4.79 Å². The van der Waals surface area contributed by atoms with Crippen LogP contribution in [0.2, 0.25) is 0 Å². The van der Waals surface area contributed by atoms with E-state index in [4.69, 9.17) is 0 Å². The maximum absolute atomic E-state index is 13.4. The highest BCUT2D eigenvalue weighted by atomic mass is 19.1. The second-order valence-electron chi connectivity index (χ2n) is 5.70. The average molecular weight is 262 g/mol. The molecule has 2 fully saturated rings. The van der Waals surface area contributed by atoms with E-state index in [9.17, 15) is 9.18 Å². The van der Waals surface area contributed by atoms with E-state index in [-0.39, 0.29) is 11.7 Å². The molecule has 0 bridgehead atoms. The first-order chi connectivity index (χ1) is 9.12. The number of nitrogens with zero attached hydrogens (tertiary/aromatic N) is 1. The molecular formula is C15H19FN2O. The minimum atomic E-state index is -0.445. The molecule has 3 rings (SSSR count). The Morgan fingerprint density at radius 3 is 2.89 bits per heavy atom. The van der Waals surface area contributed by atoms with Crippen LogP contribution in [0.4, 0.5) is 4.39 Å². The van der Waals surface area contributed by atoms with E-state index < -0.39 is 5.41 Å². The van der Waals surface area contributed by atoms with Gasteiger partial charge in [0.15, 0.2) is 0 Å². The Bertz CT molecular complexity index is 499. The molecule has 1 aromatic rings. The van der Waals surface area contributed by atoms with Gasteiger partial charge in [-0.25, -0.2) is 4.39 Å². The molecule has 1 saturated carbocycles. The number of hydrogen-bond donors (Lipinski definition) is 1. The van der Waals surface area contributed by atoms with Crippen molar-refractivity contribution in [2.24, 2.45) is 0 Å². The number of carbonyl (C=O) groups excluding carboxylic acids is 1. The van der Waals surface area contributed by atoms with Crippen molar-refractivity contribution in [1.82, 2.24) is 10.2 Å². The Labute approximate surface area is 112 Å². The summed E-state index contributed by atoms with van der Waals surface area (Å²) in [5.41, 5.74) is 0.391. The maximum Gasteiger partial charge on any atom is 0.233 e. The van der Waals surface area contributed by atoms with E-state index in [1.165, 1.54) is 12.1 Å². The maximum atomic E-state index is 13.4. The molecule has 0 spiro atoms. The predicted molar refractivity (Wildman–Crippen MR) is 71.4 cm³/mol. The van der Waals surface area contributed by atoms with Crippen LogP contribution in [-0.4, -0.2) is 36.5 Å². The quantitative estimate of drug-likeness (QED) is 0.879. The lowest BCUT2D eigenvalue weighted by Crippen LogP contribution is -2.53. The number of halogens is 1. The molecule has 1 amide bonds. The van der Waals surface area contributed by atoms with Gasteiger partial charge >= 0.3 is 0 Å². The standard InChI is InChI=1S/C15H19FN2O/c1-11-10-18(8-7-17-11)14(19)15(5-6-15)12-3-2-4-13(16)9-12/h2-4,9,11,17H,5-8,10H2,1H3. The van der Waals surface area contributed by atoms with Crippen molar-refractivity contribution in [3.05, 3.63) is 35.6 Å². The molecular weight excluding hydrogens is 243 g/mol. The Morgan fingerprint density at radius 1 is 1.47 bits per heavy atom. The second kappa shape index (κ2) is 4.60. The largest absolute Gasteiger partial charge is 0.339 e. The normalized spacial score (nSPS) is 25.2. The average Bonchev–Trinajstić information content (AvgIpc) is 3.19. The molecule has 2 aliphatic rings. The van der Waals surface area contributed by atoms with Crippen molar-refractivity contribution in [1.29, 1.82) is 0 Å². The van der Waals surface area contributed by atoms with Gasteiger partial charge in [-0.2, -0.15) is 0 Å². The smallest absolute Gasteiger partial charge is 0.233 e. The van der Waals surface area contributed by atoms with E-state index in [1.54, 1.807) is 6.07 Å². The molecule has 102 valence electrons. The van der Waals surface area contributed by atoms with Gasteiger partial charge in [-0.1, -0.05) is 12.1 Å². The Balaban J connectivity index is 1.82. The summed E-state index contributed by atoms with van der Waals surface area (Å²) >= 11 is 0. The second-order valence-corrected chi connectivity index (χ2v) is 5.70. The molecule has 1 N–H and O–H groups in total. The van der Waals surface area contributed by atoms with Gasteiger partial charge in [-0.15, -0.1) is 0 Å². The first-order valence-electron chi connectivity index (χ1n) is 6.91. The summed E-state index contributed by atoms with van der Waals surface area (Å²) in [6.45, 7) is 4.42. The van der Waals surface area contributed by atoms with Crippen LogP contribution in [0.15, 0.2) is 24.3 Å². The van der Waals surface area contributed by atoms with E-state index in [0.717, 1.165) is 38.0 Å². The molecule has 1 heterocycles. The minimum Gasteiger partial charge on any atom is -0.339 e. The SMILES string of the molecule is CC1CN(C(=O)C2(c3cccc(F)c3)CC2)CCN1.